The minimum Gasteiger partial charge on any atom is -0.436 e. The SMILES string of the molecule is O=[S@@]1CCc2nc(N3CC=C(c4nc5ccccc5o4)CC3)nc(NC3(CO)CCC3)c21. The van der Waals surface area contributed by atoms with E-state index in [1.807, 2.05) is 24.3 Å². The first kappa shape index (κ1) is 19.9. The Labute approximate surface area is 188 Å². The van der Waals surface area contributed by atoms with Gasteiger partial charge in [-0.05, 0) is 37.8 Å². The van der Waals surface area contributed by atoms with Crippen molar-refractivity contribution >= 4 is 39.2 Å². The maximum atomic E-state index is 12.6. The van der Waals surface area contributed by atoms with Gasteiger partial charge in [0.1, 0.15) is 16.2 Å². The summed E-state index contributed by atoms with van der Waals surface area (Å²) in [6.07, 6.45) is 6.46. The Morgan fingerprint density at radius 2 is 2.06 bits per heavy atom. The third-order valence-electron chi connectivity index (χ3n) is 6.73. The summed E-state index contributed by atoms with van der Waals surface area (Å²) in [6.45, 7) is 1.45. The van der Waals surface area contributed by atoms with E-state index in [4.69, 9.17) is 14.4 Å². The molecule has 32 heavy (non-hydrogen) atoms. The van der Waals surface area contributed by atoms with Crippen molar-refractivity contribution in [2.24, 2.45) is 0 Å². The van der Waals surface area contributed by atoms with E-state index in [0.29, 0.717) is 41.3 Å². The number of aliphatic hydroxyl groups excluding tert-OH is 1. The van der Waals surface area contributed by atoms with Gasteiger partial charge in [-0.1, -0.05) is 18.2 Å². The number of oxazole rings is 1. The number of nitrogens with one attached hydrogen (secondary N) is 1. The molecule has 3 aliphatic rings. The van der Waals surface area contributed by atoms with Crippen LogP contribution in [0.1, 0.15) is 37.3 Å². The number of rotatable bonds is 5. The summed E-state index contributed by atoms with van der Waals surface area (Å²) < 4.78 is 18.5. The second-order valence-electron chi connectivity index (χ2n) is 8.78. The molecule has 0 saturated heterocycles. The van der Waals surface area contributed by atoms with Crippen molar-refractivity contribution < 1.29 is 13.7 Å². The highest BCUT2D eigenvalue weighted by molar-refractivity contribution is 7.85. The van der Waals surface area contributed by atoms with Gasteiger partial charge < -0.3 is 19.7 Å². The Bertz CT molecular complexity index is 1210. The van der Waals surface area contributed by atoms with Crippen molar-refractivity contribution in [3.8, 4) is 0 Å². The van der Waals surface area contributed by atoms with Crippen molar-refractivity contribution in [1.82, 2.24) is 15.0 Å². The lowest BCUT2D eigenvalue weighted by molar-refractivity contribution is 0.143. The molecule has 0 unspecified atom stereocenters. The monoisotopic (exact) mass is 451 g/mol. The van der Waals surface area contributed by atoms with E-state index in [9.17, 15) is 9.32 Å². The molecule has 1 atom stereocenters. The van der Waals surface area contributed by atoms with Crippen LogP contribution in [0.5, 0.6) is 0 Å². The van der Waals surface area contributed by atoms with Gasteiger partial charge in [-0.2, -0.15) is 4.98 Å². The molecule has 1 aromatic carbocycles. The number of para-hydroxylation sites is 2. The van der Waals surface area contributed by atoms with E-state index in [1.54, 1.807) is 0 Å². The van der Waals surface area contributed by atoms with Gasteiger partial charge in [0.25, 0.3) is 0 Å². The quantitative estimate of drug-likeness (QED) is 0.610. The highest BCUT2D eigenvalue weighted by Crippen LogP contribution is 2.38. The van der Waals surface area contributed by atoms with Gasteiger partial charge in [-0.3, -0.25) is 4.21 Å². The van der Waals surface area contributed by atoms with Crippen LogP contribution in [0.3, 0.4) is 0 Å². The predicted octanol–water partition coefficient (Wildman–Crippen LogP) is 2.90. The molecule has 3 aromatic rings. The van der Waals surface area contributed by atoms with E-state index < -0.39 is 10.8 Å². The van der Waals surface area contributed by atoms with E-state index in [1.165, 1.54) is 0 Å². The van der Waals surface area contributed by atoms with Crippen molar-refractivity contribution in [2.75, 3.05) is 35.7 Å². The number of nitrogens with zero attached hydrogens (tertiary/aromatic N) is 4. The van der Waals surface area contributed by atoms with Crippen LogP contribution >= 0.6 is 0 Å². The average Bonchev–Trinajstić information content (AvgIpc) is 3.40. The number of anilines is 2. The molecular weight excluding hydrogens is 426 g/mol. The summed E-state index contributed by atoms with van der Waals surface area (Å²) in [4.78, 5) is 17.0. The van der Waals surface area contributed by atoms with Crippen molar-refractivity contribution in [2.45, 2.75) is 42.5 Å². The Kier molecular flexibility index (Phi) is 4.76. The standard InChI is InChI=1S/C23H25N5O3S/c29-14-23(9-3-10-23)27-20-19-17(8-13-32(19)30)25-22(26-20)28-11-6-15(7-12-28)21-24-16-4-1-2-5-18(16)31-21/h1-2,4-6,29H,3,7-14H2,(H,25,26,27)/t32-/m1/s1. The summed E-state index contributed by atoms with van der Waals surface area (Å²) in [5.41, 5.74) is 3.26. The second-order valence-corrected chi connectivity index (χ2v) is 10.3. The van der Waals surface area contributed by atoms with Gasteiger partial charge in [0.05, 0.1) is 28.6 Å². The maximum absolute atomic E-state index is 12.6. The Hall–Kier alpha value is -2.78. The smallest absolute Gasteiger partial charge is 0.227 e. The topological polar surface area (TPSA) is 104 Å². The molecule has 0 amide bonds. The fraction of sp³-hybridized carbons (Fsp3) is 0.435. The lowest BCUT2D eigenvalue weighted by atomic mass is 9.77. The lowest BCUT2D eigenvalue weighted by Gasteiger charge is -2.41. The van der Waals surface area contributed by atoms with Crippen LogP contribution in [-0.2, 0) is 17.2 Å². The molecule has 1 aliphatic carbocycles. The highest BCUT2D eigenvalue weighted by atomic mass is 32.2. The summed E-state index contributed by atoms with van der Waals surface area (Å²) in [5.74, 6) is 2.53. The average molecular weight is 452 g/mol. The van der Waals surface area contributed by atoms with E-state index in [-0.39, 0.29) is 12.1 Å². The molecule has 1 saturated carbocycles. The fourth-order valence-electron chi connectivity index (χ4n) is 4.64. The normalized spacial score (nSPS) is 21.8. The van der Waals surface area contributed by atoms with Crippen LogP contribution < -0.4 is 10.2 Å². The number of aryl methyl sites for hydroxylation is 1. The molecule has 1 fully saturated rings. The minimum absolute atomic E-state index is 0.0497. The van der Waals surface area contributed by atoms with E-state index >= 15 is 0 Å². The number of aliphatic hydroxyl groups is 1. The number of benzene rings is 1. The van der Waals surface area contributed by atoms with Crippen molar-refractivity contribution in [1.29, 1.82) is 0 Å². The molecule has 4 heterocycles. The molecule has 0 bridgehead atoms. The van der Waals surface area contributed by atoms with Crippen molar-refractivity contribution in [3.05, 3.63) is 41.9 Å². The first-order valence-electron chi connectivity index (χ1n) is 11.1. The maximum Gasteiger partial charge on any atom is 0.227 e. The molecule has 8 nitrogen and oxygen atoms in total. The molecule has 6 rings (SSSR count). The number of hydrogen-bond acceptors (Lipinski definition) is 8. The van der Waals surface area contributed by atoms with Crippen LogP contribution in [0, 0.1) is 0 Å². The number of fused-ring (bicyclic) bond motifs is 2. The van der Waals surface area contributed by atoms with E-state index in [2.05, 4.69) is 21.3 Å². The first-order valence-corrected chi connectivity index (χ1v) is 12.4. The van der Waals surface area contributed by atoms with Gasteiger partial charge >= 0.3 is 0 Å². The molecule has 166 valence electrons. The summed E-state index contributed by atoms with van der Waals surface area (Å²) in [5, 5.41) is 13.3. The third-order valence-corrected chi connectivity index (χ3v) is 8.19. The van der Waals surface area contributed by atoms with Crippen LogP contribution in [0.4, 0.5) is 11.8 Å². The van der Waals surface area contributed by atoms with Gasteiger partial charge in [-0.15, -0.1) is 0 Å². The summed E-state index contributed by atoms with van der Waals surface area (Å²) >= 11 is 0. The van der Waals surface area contributed by atoms with Crippen LogP contribution in [0.25, 0.3) is 16.7 Å². The first-order chi connectivity index (χ1) is 15.6. The fourth-order valence-corrected chi connectivity index (χ4v) is 5.95. The molecule has 2 aromatic heterocycles. The highest BCUT2D eigenvalue weighted by Gasteiger charge is 2.39. The number of aromatic nitrogens is 3. The lowest BCUT2D eigenvalue weighted by Crippen LogP contribution is -2.48. The second kappa shape index (κ2) is 7.67. The Morgan fingerprint density at radius 3 is 2.78 bits per heavy atom. The summed E-state index contributed by atoms with van der Waals surface area (Å²) in [6, 6.07) is 7.79. The molecule has 2 N–H and O–H groups in total. The largest absolute Gasteiger partial charge is 0.436 e. The Balaban J connectivity index is 1.28. The molecule has 9 heteroatoms. The zero-order valence-corrected chi connectivity index (χ0v) is 18.5. The van der Waals surface area contributed by atoms with Crippen LogP contribution in [0.15, 0.2) is 39.7 Å². The van der Waals surface area contributed by atoms with Gasteiger partial charge in [0.15, 0.2) is 5.58 Å². The molecule has 0 radical (unpaired) electrons. The van der Waals surface area contributed by atoms with Gasteiger partial charge in [0, 0.05) is 30.8 Å². The summed E-state index contributed by atoms with van der Waals surface area (Å²) in [7, 11) is -1.10. The van der Waals surface area contributed by atoms with Crippen LogP contribution in [0.2, 0.25) is 0 Å². The Morgan fingerprint density at radius 1 is 1.19 bits per heavy atom. The van der Waals surface area contributed by atoms with Gasteiger partial charge in [-0.25, -0.2) is 9.97 Å². The van der Waals surface area contributed by atoms with Gasteiger partial charge in [0.2, 0.25) is 11.8 Å². The van der Waals surface area contributed by atoms with Crippen LogP contribution in [-0.4, -0.2) is 55.3 Å². The van der Waals surface area contributed by atoms with Crippen molar-refractivity contribution in [3.63, 3.8) is 0 Å². The predicted molar refractivity (Wildman–Crippen MR) is 123 cm³/mol. The molecule has 0 spiro atoms. The molecule has 2 aliphatic heterocycles. The zero-order chi connectivity index (χ0) is 21.7. The third kappa shape index (κ3) is 3.31. The minimum atomic E-state index is -1.10. The molecular formula is C23H25N5O3S. The van der Waals surface area contributed by atoms with E-state index in [0.717, 1.165) is 54.6 Å². The number of hydrogen-bond donors (Lipinski definition) is 2. The zero-order valence-electron chi connectivity index (χ0n) is 17.7.